The average Bonchev–Trinajstić information content (AvgIpc) is 3.13. The Labute approximate surface area is 156 Å². The van der Waals surface area contributed by atoms with Crippen molar-refractivity contribution in [3.63, 3.8) is 0 Å². The number of sulfonamides is 1. The lowest BCUT2D eigenvalue weighted by atomic mass is 10.2. The second kappa shape index (κ2) is 7.65. The minimum Gasteiger partial charge on any atom is -0.494 e. The summed E-state index contributed by atoms with van der Waals surface area (Å²) >= 11 is 1.50. The van der Waals surface area contributed by atoms with Crippen molar-refractivity contribution in [1.82, 2.24) is 4.31 Å². The Morgan fingerprint density at radius 1 is 1.19 bits per heavy atom. The molecule has 26 heavy (non-hydrogen) atoms. The van der Waals surface area contributed by atoms with Crippen LogP contribution in [-0.4, -0.2) is 36.6 Å². The van der Waals surface area contributed by atoms with E-state index in [0.717, 1.165) is 5.56 Å². The number of benzene rings is 2. The summed E-state index contributed by atoms with van der Waals surface area (Å²) in [5.41, 5.74) is 0.713. The van der Waals surface area contributed by atoms with Crippen LogP contribution in [0.3, 0.4) is 0 Å². The van der Waals surface area contributed by atoms with Crippen LogP contribution in [0.25, 0.3) is 0 Å². The lowest BCUT2D eigenvalue weighted by Crippen LogP contribution is -2.30. The molecule has 1 fully saturated rings. The van der Waals surface area contributed by atoms with Crippen LogP contribution in [0.1, 0.15) is 17.9 Å². The van der Waals surface area contributed by atoms with Crippen molar-refractivity contribution in [3.05, 3.63) is 64.2 Å². The summed E-state index contributed by atoms with van der Waals surface area (Å²) in [6, 6.07) is 12.4. The minimum atomic E-state index is -3.67. The molecule has 0 radical (unpaired) electrons. The van der Waals surface area contributed by atoms with Crippen LogP contribution in [0.15, 0.2) is 53.4 Å². The Bertz CT molecular complexity index is 882. The number of ether oxygens (including phenoxy) is 1. The van der Waals surface area contributed by atoms with E-state index < -0.39 is 20.3 Å². The second-order valence-corrected chi connectivity index (χ2v) is 8.67. The number of non-ortho nitro benzene ring substituents is 1. The fraction of sp³-hybridized carbons (Fsp3) is 0.294. The molecule has 7 nitrogen and oxygen atoms in total. The van der Waals surface area contributed by atoms with Gasteiger partial charge >= 0.3 is 0 Å². The Morgan fingerprint density at radius 3 is 2.42 bits per heavy atom. The van der Waals surface area contributed by atoms with Crippen LogP contribution >= 0.6 is 11.8 Å². The maximum absolute atomic E-state index is 13.0. The third-order valence-corrected chi connectivity index (χ3v) is 7.25. The van der Waals surface area contributed by atoms with E-state index in [2.05, 4.69) is 0 Å². The van der Waals surface area contributed by atoms with E-state index in [1.165, 1.54) is 40.3 Å². The largest absolute Gasteiger partial charge is 0.494 e. The molecular weight excluding hydrogens is 376 g/mol. The highest BCUT2D eigenvalue weighted by Gasteiger charge is 2.37. The molecule has 0 amide bonds. The quantitative estimate of drug-likeness (QED) is 0.551. The first kappa shape index (κ1) is 18.7. The molecule has 1 aliphatic rings. The second-order valence-electron chi connectivity index (χ2n) is 5.59. The van der Waals surface area contributed by atoms with E-state index in [9.17, 15) is 18.5 Å². The smallest absolute Gasteiger partial charge is 0.269 e. The van der Waals surface area contributed by atoms with Crippen LogP contribution in [0.4, 0.5) is 5.69 Å². The molecule has 1 saturated heterocycles. The zero-order chi connectivity index (χ0) is 18.7. The molecule has 1 heterocycles. The molecule has 0 aliphatic carbocycles. The van der Waals surface area contributed by atoms with Crippen molar-refractivity contribution < 1.29 is 18.1 Å². The third kappa shape index (κ3) is 3.69. The molecule has 0 bridgehead atoms. The molecule has 2 aromatic carbocycles. The van der Waals surface area contributed by atoms with Gasteiger partial charge < -0.3 is 4.74 Å². The van der Waals surface area contributed by atoms with Crippen LogP contribution < -0.4 is 4.74 Å². The van der Waals surface area contributed by atoms with Crippen LogP contribution in [0, 0.1) is 10.1 Å². The van der Waals surface area contributed by atoms with E-state index in [1.807, 2.05) is 6.92 Å². The number of rotatable bonds is 6. The van der Waals surface area contributed by atoms with Gasteiger partial charge in [-0.1, -0.05) is 0 Å². The van der Waals surface area contributed by atoms with Crippen LogP contribution in [0.2, 0.25) is 0 Å². The highest BCUT2D eigenvalue weighted by atomic mass is 32.2. The van der Waals surface area contributed by atoms with Gasteiger partial charge in [0, 0.05) is 24.4 Å². The number of nitro groups is 1. The Kier molecular flexibility index (Phi) is 5.49. The predicted octanol–water partition coefficient (Wildman–Crippen LogP) is 3.43. The summed E-state index contributed by atoms with van der Waals surface area (Å²) in [7, 11) is -3.67. The number of nitro benzene ring substituents is 1. The fourth-order valence-corrected chi connectivity index (χ4v) is 5.97. The van der Waals surface area contributed by atoms with Gasteiger partial charge in [0.1, 0.15) is 5.75 Å². The first-order valence-electron chi connectivity index (χ1n) is 8.04. The first-order chi connectivity index (χ1) is 12.4. The van der Waals surface area contributed by atoms with Gasteiger partial charge in [0.2, 0.25) is 10.0 Å². The van der Waals surface area contributed by atoms with Crippen molar-refractivity contribution in [2.45, 2.75) is 17.2 Å². The van der Waals surface area contributed by atoms with E-state index in [4.69, 9.17) is 4.74 Å². The van der Waals surface area contributed by atoms with Gasteiger partial charge in [-0.25, -0.2) is 8.42 Å². The zero-order valence-corrected chi connectivity index (χ0v) is 15.7. The molecule has 1 aliphatic heterocycles. The Morgan fingerprint density at radius 2 is 1.85 bits per heavy atom. The first-order valence-corrected chi connectivity index (χ1v) is 10.5. The maximum Gasteiger partial charge on any atom is 0.269 e. The number of thioether (sulfide) groups is 1. The van der Waals surface area contributed by atoms with E-state index in [0.29, 0.717) is 24.7 Å². The number of hydrogen-bond acceptors (Lipinski definition) is 6. The molecule has 0 N–H and O–H groups in total. The predicted molar refractivity (Wildman–Crippen MR) is 99.8 cm³/mol. The SMILES string of the molecule is CCOc1ccc(S(=O)(=O)N2CCS[C@H]2c2ccc([N+](=O)[O-])cc2)cc1. The molecule has 0 saturated carbocycles. The molecule has 0 spiro atoms. The van der Waals surface area contributed by atoms with Crippen LogP contribution in [-0.2, 0) is 10.0 Å². The van der Waals surface area contributed by atoms with Gasteiger partial charge in [0.25, 0.3) is 5.69 Å². The van der Waals surface area contributed by atoms with Crippen molar-refractivity contribution in [3.8, 4) is 5.75 Å². The topological polar surface area (TPSA) is 89.8 Å². The molecule has 0 aromatic heterocycles. The summed E-state index contributed by atoms with van der Waals surface area (Å²) in [6.07, 6.45) is 0. The lowest BCUT2D eigenvalue weighted by Gasteiger charge is -2.23. The molecule has 2 aromatic rings. The van der Waals surface area contributed by atoms with Gasteiger partial charge in [-0.3, -0.25) is 10.1 Å². The zero-order valence-electron chi connectivity index (χ0n) is 14.1. The summed E-state index contributed by atoms with van der Waals surface area (Å²) < 4.78 is 32.8. The molecule has 138 valence electrons. The molecule has 9 heteroatoms. The van der Waals surface area contributed by atoms with Crippen molar-refractivity contribution in [2.24, 2.45) is 0 Å². The molecule has 0 unspecified atom stereocenters. The molecule has 3 rings (SSSR count). The average molecular weight is 394 g/mol. The van der Waals surface area contributed by atoms with Gasteiger partial charge in [-0.2, -0.15) is 4.31 Å². The van der Waals surface area contributed by atoms with E-state index in [-0.39, 0.29) is 10.6 Å². The summed E-state index contributed by atoms with van der Waals surface area (Å²) in [5, 5.41) is 10.4. The van der Waals surface area contributed by atoms with Crippen molar-refractivity contribution in [1.29, 1.82) is 0 Å². The highest BCUT2D eigenvalue weighted by Crippen LogP contribution is 2.41. The normalized spacial score (nSPS) is 18.0. The molecule has 1 atom stereocenters. The van der Waals surface area contributed by atoms with E-state index in [1.54, 1.807) is 24.3 Å². The van der Waals surface area contributed by atoms with Gasteiger partial charge in [0.15, 0.2) is 0 Å². The van der Waals surface area contributed by atoms with Crippen LogP contribution in [0.5, 0.6) is 5.75 Å². The van der Waals surface area contributed by atoms with Crippen molar-refractivity contribution in [2.75, 3.05) is 18.9 Å². The summed E-state index contributed by atoms with van der Waals surface area (Å²) in [6.45, 7) is 2.76. The summed E-state index contributed by atoms with van der Waals surface area (Å²) in [5.74, 6) is 1.28. The van der Waals surface area contributed by atoms with E-state index >= 15 is 0 Å². The Balaban J connectivity index is 1.87. The fourth-order valence-electron chi connectivity index (χ4n) is 2.73. The van der Waals surface area contributed by atoms with Gasteiger partial charge in [-0.05, 0) is 48.9 Å². The number of nitrogens with zero attached hydrogens (tertiary/aromatic N) is 2. The highest BCUT2D eigenvalue weighted by molar-refractivity contribution is 8.01. The van der Waals surface area contributed by atoms with Gasteiger partial charge in [-0.15, -0.1) is 11.8 Å². The summed E-state index contributed by atoms with van der Waals surface area (Å²) in [4.78, 5) is 10.5. The molecular formula is C17H18N2O5S2. The third-order valence-electron chi connectivity index (χ3n) is 3.98. The van der Waals surface area contributed by atoms with Gasteiger partial charge in [0.05, 0.1) is 21.8 Å². The standard InChI is InChI=1S/C17H18N2O5S2/c1-2-24-15-7-9-16(10-8-15)26(22,23)18-11-12-25-17(18)13-3-5-14(6-4-13)19(20)21/h3-10,17H,2,11-12H2,1H3/t17-/m0/s1. The Hall–Kier alpha value is -2.10. The maximum atomic E-state index is 13.0. The lowest BCUT2D eigenvalue weighted by molar-refractivity contribution is -0.384. The minimum absolute atomic E-state index is 0.0160. The number of hydrogen-bond donors (Lipinski definition) is 0. The van der Waals surface area contributed by atoms with Crippen molar-refractivity contribution >= 4 is 27.5 Å². The monoisotopic (exact) mass is 394 g/mol.